The SMILES string of the molecule is CC[C@@H](N(C)C)N(CC)C(=O)O. The predicted molar refractivity (Wildman–Crippen MR) is 48.2 cm³/mol. The van der Waals surface area contributed by atoms with Crippen molar-refractivity contribution in [2.75, 3.05) is 20.6 Å². The second-order valence-corrected chi connectivity index (χ2v) is 2.92. The molecule has 1 amide bonds. The fraction of sp³-hybridized carbons (Fsp3) is 0.875. The van der Waals surface area contributed by atoms with Crippen LogP contribution in [0.25, 0.3) is 0 Å². The summed E-state index contributed by atoms with van der Waals surface area (Å²) >= 11 is 0. The van der Waals surface area contributed by atoms with Crippen LogP contribution in [0, 0.1) is 0 Å². The molecule has 72 valence electrons. The first-order valence-electron chi connectivity index (χ1n) is 4.20. The molecule has 0 aromatic heterocycles. The highest BCUT2D eigenvalue weighted by Gasteiger charge is 2.21. The van der Waals surface area contributed by atoms with Gasteiger partial charge in [0, 0.05) is 6.54 Å². The third-order valence-corrected chi connectivity index (χ3v) is 1.91. The molecule has 0 aliphatic heterocycles. The van der Waals surface area contributed by atoms with Crippen molar-refractivity contribution < 1.29 is 9.90 Å². The molecule has 0 aliphatic carbocycles. The summed E-state index contributed by atoms with van der Waals surface area (Å²) in [4.78, 5) is 14.1. The zero-order chi connectivity index (χ0) is 9.72. The van der Waals surface area contributed by atoms with Crippen LogP contribution in [0.5, 0.6) is 0 Å². The van der Waals surface area contributed by atoms with E-state index < -0.39 is 6.09 Å². The molecule has 1 N–H and O–H groups in total. The molecule has 0 saturated carbocycles. The summed E-state index contributed by atoms with van der Waals surface area (Å²) < 4.78 is 0. The lowest BCUT2D eigenvalue weighted by Gasteiger charge is -2.32. The van der Waals surface area contributed by atoms with Crippen molar-refractivity contribution in [3.05, 3.63) is 0 Å². The van der Waals surface area contributed by atoms with Gasteiger partial charge in [0.2, 0.25) is 0 Å². The van der Waals surface area contributed by atoms with Gasteiger partial charge in [-0.2, -0.15) is 0 Å². The maximum Gasteiger partial charge on any atom is 0.408 e. The Morgan fingerprint density at radius 1 is 1.42 bits per heavy atom. The van der Waals surface area contributed by atoms with E-state index >= 15 is 0 Å². The minimum atomic E-state index is -0.849. The molecule has 0 aliphatic rings. The summed E-state index contributed by atoms with van der Waals surface area (Å²) in [5, 5.41) is 8.82. The maximum absolute atomic E-state index is 10.7. The second kappa shape index (κ2) is 4.98. The van der Waals surface area contributed by atoms with E-state index in [1.807, 2.05) is 32.8 Å². The Kier molecular flexibility index (Phi) is 4.66. The maximum atomic E-state index is 10.7. The number of amides is 1. The van der Waals surface area contributed by atoms with Crippen LogP contribution in [0.4, 0.5) is 4.79 Å². The van der Waals surface area contributed by atoms with Crippen LogP contribution in [0.15, 0.2) is 0 Å². The molecule has 0 spiro atoms. The average molecular weight is 174 g/mol. The highest BCUT2D eigenvalue weighted by Crippen LogP contribution is 2.06. The smallest absolute Gasteiger partial charge is 0.408 e. The quantitative estimate of drug-likeness (QED) is 0.653. The van der Waals surface area contributed by atoms with Crippen molar-refractivity contribution in [2.24, 2.45) is 0 Å². The standard InChI is InChI=1S/C8H18N2O2/c1-5-7(9(3)4)10(6-2)8(11)12/h7H,5-6H2,1-4H3,(H,11,12)/t7-/m0/s1. The summed E-state index contributed by atoms with van der Waals surface area (Å²) in [6, 6.07) is 0. The van der Waals surface area contributed by atoms with E-state index in [1.54, 1.807) is 0 Å². The molecular formula is C8H18N2O2. The van der Waals surface area contributed by atoms with Crippen molar-refractivity contribution in [2.45, 2.75) is 26.4 Å². The van der Waals surface area contributed by atoms with E-state index in [1.165, 1.54) is 4.90 Å². The molecule has 0 heterocycles. The molecule has 0 unspecified atom stereocenters. The Morgan fingerprint density at radius 2 is 1.92 bits per heavy atom. The van der Waals surface area contributed by atoms with E-state index in [-0.39, 0.29) is 6.17 Å². The Hall–Kier alpha value is -0.770. The summed E-state index contributed by atoms with van der Waals surface area (Å²) in [5.41, 5.74) is 0. The number of nitrogens with zero attached hydrogens (tertiary/aromatic N) is 2. The van der Waals surface area contributed by atoms with E-state index in [9.17, 15) is 4.79 Å². The highest BCUT2D eigenvalue weighted by atomic mass is 16.4. The molecule has 12 heavy (non-hydrogen) atoms. The van der Waals surface area contributed by atoms with Gasteiger partial charge in [0.05, 0.1) is 6.17 Å². The number of hydrogen-bond donors (Lipinski definition) is 1. The third-order valence-electron chi connectivity index (χ3n) is 1.91. The van der Waals surface area contributed by atoms with E-state index in [0.717, 1.165) is 6.42 Å². The first-order chi connectivity index (χ1) is 5.54. The zero-order valence-corrected chi connectivity index (χ0v) is 8.24. The molecule has 0 radical (unpaired) electrons. The van der Waals surface area contributed by atoms with Crippen LogP contribution in [0.1, 0.15) is 20.3 Å². The van der Waals surface area contributed by atoms with Gasteiger partial charge in [-0.05, 0) is 27.4 Å². The summed E-state index contributed by atoms with van der Waals surface area (Å²) in [5.74, 6) is 0. The second-order valence-electron chi connectivity index (χ2n) is 2.92. The van der Waals surface area contributed by atoms with Crippen molar-refractivity contribution in [3.8, 4) is 0 Å². The van der Waals surface area contributed by atoms with Gasteiger partial charge in [-0.25, -0.2) is 4.79 Å². The van der Waals surface area contributed by atoms with Crippen LogP contribution in [0.3, 0.4) is 0 Å². The van der Waals surface area contributed by atoms with E-state index in [4.69, 9.17) is 5.11 Å². The number of hydrogen-bond acceptors (Lipinski definition) is 2. The zero-order valence-electron chi connectivity index (χ0n) is 8.24. The van der Waals surface area contributed by atoms with Crippen molar-refractivity contribution in [1.82, 2.24) is 9.80 Å². The minimum absolute atomic E-state index is 0.00694. The third kappa shape index (κ3) is 2.70. The van der Waals surface area contributed by atoms with Gasteiger partial charge in [-0.15, -0.1) is 0 Å². The largest absolute Gasteiger partial charge is 0.465 e. The summed E-state index contributed by atoms with van der Waals surface area (Å²) in [6.07, 6.45) is -0.0433. The Labute approximate surface area is 73.8 Å². The summed E-state index contributed by atoms with van der Waals surface area (Å²) in [6.45, 7) is 4.36. The molecule has 4 heteroatoms. The monoisotopic (exact) mass is 174 g/mol. The van der Waals surface area contributed by atoms with Crippen LogP contribution in [-0.4, -0.2) is 47.8 Å². The Balaban J connectivity index is 4.33. The van der Waals surface area contributed by atoms with Gasteiger partial charge in [-0.3, -0.25) is 9.80 Å². The Morgan fingerprint density at radius 3 is 2.00 bits per heavy atom. The normalized spacial score (nSPS) is 13.1. The van der Waals surface area contributed by atoms with Gasteiger partial charge in [0.25, 0.3) is 0 Å². The van der Waals surface area contributed by atoms with Crippen molar-refractivity contribution >= 4 is 6.09 Å². The molecule has 0 saturated heterocycles. The fourth-order valence-corrected chi connectivity index (χ4v) is 1.34. The van der Waals surface area contributed by atoms with Crippen LogP contribution in [-0.2, 0) is 0 Å². The number of carboxylic acid groups (broad SMARTS) is 1. The first-order valence-corrected chi connectivity index (χ1v) is 4.20. The average Bonchev–Trinajstić information content (AvgIpc) is 1.98. The van der Waals surface area contributed by atoms with Crippen molar-refractivity contribution in [1.29, 1.82) is 0 Å². The molecule has 0 aromatic carbocycles. The first kappa shape index (κ1) is 11.2. The molecule has 1 atom stereocenters. The van der Waals surface area contributed by atoms with Gasteiger partial charge < -0.3 is 5.11 Å². The highest BCUT2D eigenvalue weighted by molar-refractivity contribution is 5.65. The Bertz CT molecular complexity index is 148. The number of carbonyl (C=O) groups is 1. The van der Waals surface area contributed by atoms with Crippen molar-refractivity contribution in [3.63, 3.8) is 0 Å². The minimum Gasteiger partial charge on any atom is -0.465 e. The van der Waals surface area contributed by atoms with Gasteiger partial charge in [0.1, 0.15) is 0 Å². The fourth-order valence-electron chi connectivity index (χ4n) is 1.34. The molecule has 4 nitrogen and oxygen atoms in total. The van der Waals surface area contributed by atoms with Gasteiger partial charge >= 0.3 is 6.09 Å². The topological polar surface area (TPSA) is 43.8 Å². The van der Waals surface area contributed by atoms with Crippen LogP contribution >= 0.6 is 0 Å². The molecule has 0 aromatic rings. The lowest BCUT2D eigenvalue weighted by molar-refractivity contribution is 0.0710. The molecular weight excluding hydrogens is 156 g/mol. The predicted octanol–water partition coefficient (Wildman–Crippen LogP) is 1.28. The van der Waals surface area contributed by atoms with Crippen LogP contribution in [0.2, 0.25) is 0 Å². The van der Waals surface area contributed by atoms with E-state index in [2.05, 4.69) is 0 Å². The number of rotatable bonds is 4. The lowest BCUT2D eigenvalue weighted by atomic mass is 10.3. The van der Waals surface area contributed by atoms with Gasteiger partial charge in [0.15, 0.2) is 0 Å². The van der Waals surface area contributed by atoms with Crippen LogP contribution < -0.4 is 0 Å². The molecule has 0 fully saturated rings. The van der Waals surface area contributed by atoms with Gasteiger partial charge in [-0.1, -0.05) is 6.92 Å². The molecule has 0 bridgehead atoms. The lowest BCUT2D eigenvalue weighted by Crippen LogP contribution is -2.47. The van der Waals surface area contributed by atoms with E-state index in [0.29, 0.717) is 6.54 Å². The summed E-state index contributed by atoms with van der Waals surface area (Å²) in [7, 11) is 3.78. The molecule has 0 rings (SSSR count).